The topological polar surface area (TPSA) is 119 Å². The molecule has 0 fully saturated rings. The Bertz CT molecular complexity index is 582. The van der Waals surface area contributed by atoms with Gasteiger partial charge in [0.2, 0.25) is 5.69 Å². The number of rotatable bonds is 2. The van der Waals surface area contributed by atoms with Crippen molar-refractivity contribution in [3.8, 4) is 0 Å². The van der Waals surface area contributed by atoms with Gasteiger partial charge in [-0.15, -0.1) is 0 Å². The van der Waals surface area contributed by atoms with E-state index in [0.29, 0.717) is 18.4 Å². The smallest absolute Gasteiger partial charge is 0.323 e. The third-order valence-electron chi connectivity index (χ3n) is 3.58. The molecule has 1 aromatic rings. The van der Waals surface area contributed by atoms with Gasteiger partial charge in [-0.05, 0) is 25.3 Å². The largest absolute Gasteiger partial charge is 0.354 e. The van der Waals surface area contributed by atoms with Crippen LogP contribution in [0.2, 0.25) is 0 Å². The van der Waals surface area contributed by atoms with E-state index in [-0.39, 0.29) is 12.1 Å². The summed E-state index contributed by atoms with van der Waals surface area (Å²) in [5.41, 5.74) is 0.616. The van der Waals surface area contributed by atoms with Crippen molar-refractivity contribution in [3.63, 3.8) is 0 Å². The quantitative estimate of drug-likeness (QED) is 0.462. The number of pyridine rings is 1. The molecule has 0 saturated carbocycles. The fourth-order valence-corrected chi connectivity index (χ4v) is 6.20. The highest BCUT2D eigenvalue weighted by Crippen LogP contribution is 2.77. The van der Waals surface area contributed by atoms with Crippen molar-refractivity contribution in [2.45, 2.75) is 24.2 Å². The molecule has 0 amide bonds. The molecule has 1 aromatic heterocycles. The molecule has 106 valence electrons. The van der Waals surface area contributed by atoms with Crippen molar-refractivity contribution >= 4 is 15.2 Å². The maximum atomic E-state index is 11.9. The SMILES string of the molecule is C[n+]1cccc2c1C(P(=O)(O)O)(P(=O)(O)O)CCC2. The van der Waals surface area contributed by atoms with Crippen LogP contribution >= 0.6 is 15.2 Å². The van der Waals surface area contributed by atoms with Crippen molar-refractivity contribution in [3.05, 3.63) is 29.6 Å². The minimum Gasteiger partial charge on any atom is -0.323 e. The molecule has 0 bridgehead atoms. The lowest BCUT2D eigenvalue weighted by Gasteiger charge is -2.35. The predicted molar refractivity (Wildman–Crippen MR) is 66.3 cm³/mol. The van der Waals surface area contributed by atoms with E-state index in [2.05, 4.69) is 0 Å². The Kier molecular flexibility index (Phi) is 3.51. The van der Waals surface area contributed by atoms with Gasteiger partial charge < -0.3 is 19.6 Å². The molecular formula is C10H16NO6P2+. The molecule has 0 aliphatic heterocycles. The highest BCUT2D eigenvalue weighted by atomic mass is 31.2. The molecule has 0 atom stereocenters. The van der Waals surface area contributed by atoms with E-state index in [4.69, 9.17) is 0 Å². The number of nitrogens with zero attached hydrogens (tertiary/aromatic N) is 1. The summed E-state index contributed by atoms with van der Waals surface area (Å²) in [5, 5.41) is 0. The van der Waals surface area contributed by atoms with Crippen LogP contribution < -0.4 is 4.57 Å². The van der Waals surface area contributed by atoms with Crippen LogP contribution in [0.4, 0.5) is 0 Å². The van der Waals surface area contributed by atoms with Crippen molar-refractivity contribution in [1.29, 1.82) is 0 Å². The average Bonchev–Trinajstić information content (AvgIpc) is 2.25. The first-order valence-corrected chi connectivity index (χ1v) is 8.93. The zero-order valence-corrected chi connectivity index (χ0v) is 12.1. The van der Waals surface area contributed by atoms with Crippen molar-refractivity contribution in [2.24, 2.45) is 7.05 Å². The predicted octanol–water partition coefficient (Wildman–Crippen LogP) is 0.356. The highest BCUT2D eigenvalue weighted by Gasteiger charge is 2.67. The summed E-state index contributed by atoms with van der Waals surface area (Å²) >= 11 is 0. The van der Waals surface area contributed by atoms with E-state index in [0.717, 1.165) is 0 Å². The Morgan fingerprint density at radius 3 is 2.32 bits per heavy atom. The molecule has 1 heterocycles. The summed E-state index contributed by atoms with van der Waals surface area (Å²) in [4.78, 5) is 36.0. The first kappa shape index (κ1) is 14.9. The lowest BCUT2D eigenvalue weighted by atomic mass is 9.95. The molecule has 2 rings (SSSR count). The van der Waals surface area contributed by atoms with Gasteiger partial charge in [0.15, 0.2) is 6.20 Å². The maximum absolute atomic E-state index is 11.9. The van der Waals surface area contributed by atoms with Crippen molar-refractivity contribution < 1.29 is 33.3 Å². The zero-order valence-electron chi connectivity index (χ0n) is 10.3. The van der Waals surface area contributed by atoms with E-state index in [9.17, 15) is 28.7 Å². The van der Waals surface area contributed by atoms with Crippen LogP contribution in [0, 0.1) is 0 Å². The molecular weight excluding hydrogens is 292 g/mol. The van der Waals surface area contributed by atoms with Crippen LogP contribution in [0.3, 0.4) is 0 Å². The van der Waals surface area contributed by atoms with Crippen molar-refractivity contribution in [1.82, 2.24) is 0 Å². The first-order chi connectivity index (χ1) is 8.61. The van der Waals surface area contributed by atoms with Gasteiger partial charge in [-0.25, -0.2) is 4.57 Å². The summed E-state index contributed by atoms with van der Waals surface area (Å²) < 4.78 is 25.1. The van der Waals surface area contributed by atoms with Gasteiger partial charge in [-0.3, -0.25) is 9.13 Å². The molecule has 0 unspecified atom stereocenters. The highest BCUT2D eigenvalue weighted by molar-refractivity contribution is 7.71. The number of hydrogen-bond donors (Lipinski definition) is 4. The minimum absolute atomic E-state index is 0.0444. The van der Waals surface area contributed by atoms with Crippen LogP contribution in [-0.4, -0.2) is 19.6 Å². The van der Waals surface area contributed by atoms with Gasteiger partial charge in [0.25, 0.3) is 4.90 Å². The maximum Gasteiger partial charge on any atom is 0.354 e. The van der Waals surface area contributed by atoms with Crippen LogP contribution in [0.5, 0.6) is 0 Å². The second-order valence-corrected chi connectivity index (χ2v) is 8.81. The number of aryl methyl sites for hydroxylation is 2. The first-order valence-electron chi connectivity index (χ1n) is 5.70. The van der Waals surface area contributed by atoms with E-state index < -0.39 is 20.1 Å². The Morgan fingerprint density at radius 2 is 1.79 bits per heavy atom. The lowest BCUT2D eigenvalue weighted by molar-refractivity contribution is -0.681. The average molecular weight is 308 g/mol. The van der Waals surface area contributed by atoms with E-state index in [1.54, 1.807) is 12.1 Å². The van der Waals surface area contributed by atoms with Gasteiger partial charge in [0.1, 0.15) is 7.05 Å². The van der Waals surface area contributed by atoms with Crippen LogP contribution in [0.1, 0.15) is 24.1 Å². The molecule has 0 aromatic carbocycles. The molecule has 9 heteroatoms. The monoisotopic (exact) mass is 308 g/mol. The Balaban J connectivity index is 2.89. The summed E-state index contributed by atoms with van der Waals surface area (Å²) in [7, 11) is -8.54. The number of hydrogen-bond acceptors (Lipinski definition) is 2. The molecule has 0 saturated heterocycles. The van der Waals surface area contributed by atoms with Crippen LogP contribution in [-0.2, 0) is 27.5 Å². The summed E-state index contributed by atoms with van der Waals surface area (Å²) in [5.74, 6) is 0. The Labute approximate surface area is 110 Å². The molecule has 0 radical (unpaired) electrons. The van der Waals surface area contributed by atoms with E-state index >= 15 is 0 Å². The second kappa shape index (κ2) is 4.48. The van der Waals surface area contributed by atoms with Gasteiger partial charge in [-0.2, -0.15) is 0 Å². The lowest BCUT2D eigenvalue weighted by Crippen LogP contribution is -2.46. The number of aromatic nitrogens is 1. The molecule has 0 spiro atoms. The molecule has 1 aliphatic carbocycles. The molecule has 7 nitrogen and oxygen atoms in total. The van der Waals surface area contributed by atoms with Gasteiger partial charge in [0, 0.05) is 11.6 Å². The molecule has 19 heavy (non-hydrogen) atoms. The normalized spacial score (nSPS) is 19.0. The third-order valence-corrected chi connectivity index (χ3v) is 7.94. The summed E-state index contributed by atoms with van der Waals surface area (Å²) in [6, 6.07) is 3.34. The Hall–Kier alpha value is -0.550. The number of fused-ring (bicyclic) bond motifs is 1. The second-order valence-electron chi connectivity index (χ2n) is 4.75. The van der Waals surface area contributed by atoms with Crippen molar-refractivity contribution in [2.75, 3.05) is 0 Å². The summed E-state index contributed by atoms with van der Waals surface area (Å²) in [6.07, 6.45) is 2.18. The fraction of sp³-hybridized carbons (Fsp3) is 0.500. The van der Waals surface area contributed by atoms with Crippen LogP contribution in [0.15, 0.2) is 18.3 Å². The standard InChI is InChI=1S/C10H15NO6P2/c1-11-7-3-5-8-4-2-6-10(9(8)11,18(12,13)14)19(15,16)17/h3,5,7H,2,4,6H2,1H3,(H3-,12,13,14,15,16,17)/p+1. The van der Waals surface area contributed by atoms with E-state index in [1.807, 2.05) is 0 Å². The third kappa shape index (κ3) is 2.11. The molecule has 1 aliphatic rings. The Morgan fingerprint density at radius 1 is 1.21 bits per heavy atom. The van der Waals surface area contributed by atoms with E-state index in [1.165, 1.54) is 17.8 Å². The van der Waals surface area contributed by atoms with Crippen LogP contribution in [0.25, 0.3) is 0 Å². The van der Waals surface area contributed by atoms with Gasteiger partial charge in [0.05, 0.1) is 0 Å². The minimum atomic E-state index is -5.04. The molecule has 4 N–H and O–H groups in total. The van der Waals surface area contributed by atoms with Gasteiger partial charge >= 0.3 is 15.2 Å². The summed E-state index contributed by atoms with van der Waals surface area (Å²) in [6.45, 7) is 0. The van der Waals surface area contributed by atoms with Gasteiger partial charge in [-0.1, -0.05) is 0 Å². The zero-order chi connectivity index (χ0) is 14.5. The fourth-order valence-electron chi connectivity index (χ4n) is 2.79.